The number of nitrogens with one attached hydrogen (secondary N) is 3. The molecule has 24 heavy (non-hydrogen) atoms. The van der Waals surface area contributed by atoms with Gasteiger partial charge in [-0.2, -0.15) is 0 Å². The Labute approximate surface area is 162 Å². The van der Waals surface area contributed by atoms with Crippen molar-refractivity contribution in [2.75, 3.05) is 25.0 Å². The Morgan fingerprint density at radius 2 is 2.04 bits per heavy atom. The molecular weight excluding hydrogens is 417 g/mol. The smallest absolute Gasteiger partial charge is 0.227 e. The molecule has 6 nitrogen and oxygen atoms in total. The number of rotatable bonds is 8. The van der Waals surface area contributed by atoms with Crippen molar-refractivity contribution in [2.24, 2.45) is 10.9 Å². The zero-order valence-electron chi connectivity index (χ0n) is 15.1. The molecule has 3 N–H and O–H groups in total. The van der Waals surface area contributed by atoms with Crippen molar-refractivity contribution >= 4 is 41.7 Å². The normalized spacial score (nSPS) is 11.0. The molecule has 0 bridgehead atoms. The molecule has 0 radical (unpaired) electrons. The van der Waals surface area contributed by atoms with Gasteiger partial charge in [-0.3, -0.25) is 9.79 Å². The van der Waals surface area contributed by atoms with Crippen LogP contribution in [0.15, 0.2) is 23.3 Å². The Morgan fingerprint density at radius 1 is 1.29 bits per heavy atom. The third-order valence-electron chi connectivity index (χ3n) is 3.14. The van der Waals surface area contributed by atoms with Crippen LogP contribution in [0.5, 0.6) is 0 Å². The number of carbonyl (C=O) groups is 1. The molecule has 1 amide bonds. The summed E-state index contributed by atoms with van der Waals surface area (Å²) >= 11 is 0. The number of hydrogen-bond donors (Lipinski definition) is 3. The average molecular weight is 447 g/mol. The molecule has 1 aromatic heterocycles. The standard InChI is InChI=1S/C17H29N5O.HI/c1-5-18-17(19-10-8-13(2)3)20-11-9-16(23)22-15-7-6-14(4)12-21-15;/h6-7,12-13H,5,8-11H2,1-4H3,(H2,18,19,20)(H,21,22,23);1H. The minimum absolute atomic E-state index is 0. The summed E-state index contributed by atoms with van der Waals surface area (Å²) in [5, 5.41) is 9.14. The topological polar surface area (TPSA) is 78.4 Å². The highest BCUT2D eigenvalue weighted by Crippen LogP contribution is 2.04. The molecular formula is C17H30IN5O. The lowest BCUT2D eigenvalue weighted by Gasteiger charge is -2.11. The maximum absolute atomic E-state index is 11.9. The highest BCUT2D eigenvalue weighted by atomic mass is 127. The molecule has 7 heteroatoms. The molecule has 0 aromatic carbocycles. The Morgan fingerprint density at radius 3 is 2.62 bits per heavy atom. The summed E-state index contributed by atoms with van der Waals surface area (Å²) in [5.41, 5.74) is 1.07. The fourth-order valence-electron chi connectivity index (χ4n) is 1.82. The van der Waals surface area contributed by atoms with Gasteiger partial charge >= 0.3 is 0 Å². The van der Waals surface area contributed by atoms with E-state index in [1.54, 1.807) is 12.3 Å². The minimum atomic E-state index is -0.0631. The third kappa shape index (κ3) is 10.4. The van der Waals surface area contributed by atoms with Crippen LogP contribution < -0.4 is 16.0 Å². The number of pyridine rings is 1. The van der Waals surface area contributed by atoms with E-state index < -0.39 is 0 Å². The van der Waals surface area contributed by atoms with Crippen LogP contribution in [0.3, 0.4) is 0 Å². The molecule has 136 valence electrons. The number of aromatic nitrogens is 1. The Balaban J connectivity index is 0.00000529. The summed E-state index contributed by atoms with van der Waals surface area (Å²) in [4.78, 5) is 20.5. The molecule has 1 rings (SSSR count). The zero-order valence-corrected chi connectivity index (χ0v) is 17.4. The van der Waals surface area contributed by atoms with E-state index in [0.29, 0.717) is 24.7 Å². The van der Waals surface area contributed by atoms with Crippen molar-refractivity contribution < 1.29 is 4.79 Å². The molecule has 0 unspecified atom stereocenters. The number of guanidine groups is 1. The first kappa shape index (κ1) is 22.6. The van der Waals surface area contributed by atoms with Crippen molar-refractivity contribution in [1.29, 1.82) is 0 Å². The molecule has 0 saturated heterocycles. The Kier molecular flexibility index (Phi) is 12.2. The molecule has 1 aromatic rings. The molecule has 0 saturated carbocycles. The first-order valence-electron chi connectivity index (χ1n) is 8.26. The number of aliphatic imine (C=N–C) groups is 1. The summed E-state index contributed by atoms with van der Waals surface area (Å²) in [6.07, 6.45) is 3.15. The van der Waals surface area contributed by atoms with Gasteiger partial charge in [-0.25, -0.2) is 4.98 Å². The molecule has 1 heterocycles. The minimum Gasteiger partial charge on any atom is -0.357 e. The van der Waals surface area contributed by atoms with E-state index in [1.165, 1.54) is 0 Å². The fraction of sp³-hybridized carbons (Fsp3) is 0.588. The van der Waals surface area contributed by atoms with Crippen LogP contribution in [0.25, 0.3) is 0 Å². The van der Waals surface area contributed by atoms with Crippen molar-refractivity contribution in [3.63, 3.8) is 0 Å². The van der Waals surface area contributed by atoms with Crippen LogP contribution in [-0.2, 0) is 4.79 Å². The van der Waals surface area contributed by atoms with E-state index in [2.05, 4.69) is 39.8 Å². The van der Waals surface area contributed by atoms with Gasteiger partial charge in [0.25, 0.3) is 0 Å². The van der Waals surface area contributed by atoms with Crippen LogP contribution >= 0.6 is 24.0 Å². The highest BCUT2D eigenvalue weighted by Gasteiger charge is 2.04. The summed E-state index contributed by atoms with van der Waals surface area (Å²) in [6, 6.07) is 3.73. The molecule has 0 atom stereocenters. The molecule has 0 aliphatic heterocycles. The highest BCUT2D eigenvalue weighted by molar-refractivity contribution is 14.0. The number of aryl methyl sites for hydroxylation is 1. The van der Waals surface area contributed by atoms with E-state index in [-0.39, 0.29) is 29.9 Å². The lowest BCUT2D eigenvalue weighted by Crippen LogP contribution is -2.38. The van der Waals surface area contributed by atoms with E-state index in [1.807, 2.05) is 19.9 Å². The number of nitrogens with zero attached hydrogens (tertiary/aromatic N) is 2. The van der Waals surface area contributed by atoms with Crippen LogP contribution in [0.2, 0.25) is 0 Å². The maximum Gasteiger partial charge on any atom is 0.227 e. The van der Waals surface area contributed by atoms with Crippen LogP contribution in [0.1, 0.15) is 39.2 Å². The van der Waals surface area contributed by atoms with Crippen LogP contribution in [0, 0.1) is 12.8 Å². The predicted octanol–water partition coefficient (Wildman–Crippen LogP) is 2.94. The number of carbonyl (C=O) groups excluding carboxylic acids is 1. The largest absolute Gasteiger partial charge is 0.357 e. The maximum atomic E-state index is 11.9. The zero-order chi connectivity index (χ0) is 17.1. The van der Waals surface area contributed by atoms with E-state index in [9.17, 15) is 4.79 Å². The van der Waals surface area contributed by atoms with Gasteiger partial charge in [0.2, 0.25) is 5.91 Å². The Bertz CT molecular complexity index is 502. The summed E-state index contributed by atoms with van der Waals surface area (Å²) in [7, 11) is 0. The van der Waals surface area contributed by atoms with E-state index in [0.717, 1.165) is 31.0 Å². The van der Waals surface area contributed by atoms with Gasteiger partial charge in [0, 0.05) is 32.3 Å². The lowest BCUT2D eigenvalue weighted by atomic mass is 10.1. The lowest BCUT2D eigenvalue weighted by molar-refractivity contribution is -0.116. The fourth-order valence-corrected chi connectivity index (χ4v) is 1.82. The van der Waals surface area contributed by atoms with Gasteiger partial charge in [-0.15, -0.1) is 24.0 Å². The molecule has 0 fully saturated rings. The second-order valence-corrected chi connectivity index (χ2v) is 5.89. The van der Waals surface area contributed by atoms with Gasteiger partial charge in [-0.05, 0) is 37.8 Å². The summed E-state index contributed by atoms with van der Waals surface area (Å²) in [6.45, 7) is 10.5. The van der Waals surface area contributed by atoms with Gasteiger partial charge in [-0.1, -0.05) is 19.9 Å². The number of anilines is 1. The number of hydrogen-bond acceptors (Lipinski definition) is 3. The SMILES string of the molecule is CCNC(=NCCC(C)C)NCCC(=O)Nc1ccc(C)cn1.I. The summed E-state index contributed by atoms with van der Waals surface area (Å²) < 4.78 is 0. The monoisotopic (exact) mass is 447 g/mol. The van der Waals surface area contributed by atoms with Crippen molar-refractivity contribution in [3.05, 3.63) is 23.9 Å². The van der Waals surface area contributed by atoms with Crippen molar-refractivity contribution in [3.8, 4) is 0 Å². The molecule has 0 aliphatic rings. The molecule has 0 aliphatic carbocycles. The quantitative estimate of drug-likeness (QED) is 0.325. The van der Waals surface area contributed by atoms with Gasteiger partial charge in [0.1, 0.15) is 5.82 Å². The predicted molar refractivity (Wildman–Crippen MR) is 111 cm³/mol. The first-order valence-corrected chi connectivity index (χ1v) is 8.26. The number of amides is 1. The third-order valence-corrected chi connectivity index (χ3v) is 3.14. The Hall–Kier alpha value is -1.38. The van der Waals surface area contributed by atoms with Crippen molar-refractivity contribution in [1.82, 2.24) is 15.6 Å². The first-order chi connectivity index (χ1) is 11.0. The van der Waals surface area contributed by atoms with Gasteiger partial charge in [0.15, 0.2) is 5.96 Å². The van der Waals surface area contributed by atoms with Crippen LogP contribution in [-0.4, -0.2) is 36.5 Å². The summed E-state index contributed by atoms with van der Waals surface area (Å²) in [5.74, 6) is 1.91. The molecule has 0 spiro atoms. The number of halogens is 1. The van der Waals surface area contributed by atoms with Crippen molar-refractivity contribution in [2.45, 2.75) is 40.5 Å². The van der Waals surface area contributed by atoms with Crippen LogP contribution in [0.4, 0.5) is 5.82 Å². The van der Waals surface area contributed by atoms with Gasteiger partial charge < -0.3 is 16.0 Å². The average Bonchev–Trinajstić information content (AvgIpc) is 2.49. The second kappa shape index (κ2) is 13.0. The van der Waals surface area contributed by atoms with Gasteiger partial charge in [0.05, 0.1) is 0 Å². The van der Waals surface area contributed by atoms with E-state index >= 15 is 0 Å². The second-order valence-electron chi connectivity index (χ2n) is 5.89. The van der Waals surface area contributed by atoms with E-state index in [4.69, 9.17) is 0 Å².